The number of amides is 1. The van der Waals surface area contributed by atoms with Gasteiger partial charge in [-0.1, -0.05) is 25.1 Å². The first-order valence-corrected chi connectivity index (χ1v) is 6.79. The van der Waals surface area contributed by atoms with E-state index in [1.165, 1.54) is 4.90 Å². The van der Waals surface area contributed by atoms with Crippen molar-refractivity contribution in [3.8, 4) is 0 Å². The minimum absolute atomic E-state index is 0. The highest BCUT2D eigenvalue weighted by Gasteiger charge is 2.06. The van der Waals surface area contributed by atoms with E-state index in [2.05, 4.69) is 24.4 Å². The molecule has 0 aliphatic heterocycles. The van der Waals surface area contributed by atoms with Gasteiger partial charge in [0.1, 0.15) is 0 Å². The second-order valence-corrected chi connectivity index (χ2v) is 5.45. The van der Waals surface area contributed by atoms with E-state index in [0.29, 0.717) is 24.8 Å². The molecule has 0 aliphatic rings. The maximum absolute atomic E-state index is 11.4. The molecular formula is C13H21ClN2OS. The summed E-state index contributed by atoms with van der Waals surface area (Å²) in [6, 6.07) is 10.2. The molecule has 102 valence electrons. The molecule has 1 aromatic carbocycles. The lowest BCUT2D eigenvalue weighted by Crippen LogP contribution is -2.29. The van der Waals surface area contributed by atoms with E-state index >= 15 is 0 Å². The number of nitrogens with two attached hydrogens (primary N) is 1. The Kier molecular flexibility index (Phi) is 9.83. The third kappa shape index (κ3) is 7.58. The van der Waals surface area contributed by atoms with Crippen LogP contribution in [0.2, 0.25) is 0 Å². The molecule has 0 saturated heterocycles. The maximum Gasteiger partial charge on any atom is 0.220 e. The van der Waals surface area contributed by atoms with Gasteiger partial charge in [-0.3, -0.25) is 4.79 Å². The molecule has 0 saturated carbocycles. The molecule has 5 heteroatoms. The molecule has 1 amide bonds. The summed E-state index contributed by atoms with van der Waals surface area (Å²) in [6.07, 6.45) is 1.28. The van der Waals surface area contributed by atoms with Gasteiger partial charge >= 0.3 is 0 Å². The molecule has 0 aromatic heterocycles. The Hall–Kier alpha value is -0.710. The number of rotatable bonds is 7. The minimum atomic E-state index is 0. The van der Waals surface area contributed by atoms with Gasteiger partial charge in [0.05, 0.1) is 0 Å². The Labute approximate surface area is 119 Å². The number of hydrogen-bond acceptors (Lipinski definition) is 3. The first-order chi connectivity index (χ1) is 8.22. The molecule has 0 fully saturated rings. The van der Waals surface area contributed by atoms with Crippen LogP contribution >= 0.6 is 24.2 Å². The number of benzene rings is 1. The van der Waals surface area contributed by atoms with Crippen molar-refractivity contribution in [3.05, 3.63) is 30.3 Å². The molecular weight excluding hydrogens is 268 g/mol. The number of carbonyl (C=O) groups excluding carboxylic acids is 1. The van der Waals surface area contributed by atoms with Gasteiger partial charge in [-0.05, 0) is 25.1 Å². The van der Waals surface area contributed by atoms with Crippen LogP contribution in [0, 0.1) is 0 Å². The zero-order valence-electron chi connectivity index (χ0n) is 10.6. The molecule has 0 heterocycles. The van der Waals surface area contributed by atoms with Gasteiger partial charge < -0.3 is 11.1 Å². The molecule has 0 spiro atoms. The fraction of sp³-hybridized carbons (Fsp3) is 0.462. The fourth-order valence-electron chi connectivity index (χ4n) is 1.38. The SMILES string of the molecule is CC(CNC(=O)CCCN)Sc1ccccc1.Cl. The average Bonchev–Trinajstić information content (AvgIpc) is 2.35. The molecule has 1 atom stereocenters. The molecule has 0 bridgehead atoms. The van der Waals surface area contributed by atoms with Crippen molar-refractivity contribution in [2.24, 2.45) is 5.73 Å². The molecule has 1 aromatic rings. The number of thioether (sulfide) groups is 1. The smallest absolute Gasteiger partial charge is 0.220 e. The Morgan fingerprint density at radius 2 is 2.06 bits per heavy atom. The summed E-state index contributed by atoms with van der Waals surface area (Å²) in [5, 5.41) is 3.30. The normalized spacial score (nSPS) is 11.4. The van der Waals surface area contributed by atoms with E-state index < -0.39 is 0 Å². The molecule has 0 radical (unpaired) electrons. The Balaban J connectivity index is 0.00000289. The lowest BCUT2D eigenvalue weighted by molar-refractivity contribution is -0.121. The largest absolute Gasteiger partial charge is 0.355 e. The summed E-state index contributed by atoms with van der Waals surface area (Å²) in [7, 11) is 0. The zero-order chi connectivity index (χ0) is 12.5. The number of hydrogen-bond donors (Lipinski definition) is 2. The predicted octanol–water partition coefficient (Wildman–Crippen LogP) is 2.44. The topological polar surface area (TPSA) is 55.1 Å². The molecule has 3 N–H and O–H groups in total. The van der Waals surface area contributed by atoms with E-state index in [0.717, 1.165) is 6.42 Å². The third-order valence-electron chi connectivity index (χ3n) is 2.28. The molecule has 1 unspecified atom stereocenters. The quantitative estimate of drug-likeness (QED) is 0.758. The second-order valence-electron chi connectivity index (χ2n) is 3.94. The van der Waals surface area contributed by atoms with Crippen LogP contribution in [0.5, 0.6) is 0 Å². The summed E-state index contributed by atoms with van der Waals surface area (Å²) >= 11 is 1.77. The van der Waals surface area contributed by atoms with Crippen LogP contribution < -0.4 is 11.1 Å². The van der Waals surface area contributed by atoms with Gasteiger partial charge in [0.15, 0.2) is 0 Å². The summed E-state index contributed by atoms with van der Waals surface area (Å²) in [4.78, 5) is 12.6. The Bertz CT molecular complexity index is 335. The van der Waals surface area contributed by atoms with Crippen molar-refractivity contribution in [3.63, 3.8) is 0 Å². The molecule has 18 heavy (non-hydrogen) atoms. The van der Waals surface area contributed by atoms with Gasteiger partial charge in [0.2, 0.25) is 5.91 Å². The summed E-state index contributed by atoms with van der Waals surface area (Å²) in [5.74, 6) is 0.0935. The van der Waals surface area contributed by atoms with Crippen LogP contribution in [-0.2, 0) is 4.79 Å². The molecule has 1 rings (SSSR count). The zero-order valence-corrected chi connectivity index (χ0v) is 12.2. The summed E-state index contributed by atoms with van der Waals surface area (Å²) in [5.41, 5.74) is 5.35. The van der Waals surface area contributed by atoms with E-state index in [4.69, 9.17) is 5.73 Å². The highest BCUT2D eigenvalue weighted by Crippen LogP contribution is 2.21. The summed E-state index contributed by atoms with van der Waals surface area (Å²) in [6.45, 7) is 3.38. The van der Waals surface area contributed by atoms with Gasteiger partial charge in [-0.25, -0.2) is 0 Å². The fourth-order valence-corrected chi connectivity index (χ4v) is 2.33. The highest BCUT2D eigenvalue weighted by molar-refractivity contribution is 8.00. The van der Waals surface area contributed by atoms with Crippen LogP contribution in [0.1, 0.15) is 19.8 Å². The first kappa shape index (κ1) is 17.3. The van der Waals surface area contributed by atoms with Crippen LogP contribution in [0.4, 0.5) is 0 Å². The predicted molar refractivity (Wildman–Crippen MR) is 80.3 cm³/mol. The van der Waals surface area contributed by atoms with Gasteiger partial charge in [-0.15, -0.1) is 24.2 Å². The second kappa shape index (κ2) is 10.2. The highest BCUT2D eigenvalue weighted by atomic mass is 35.5. The van der Waals surface area contributed by atoms with Gasteiger partial charge in [0.25, 0.3) is 0 Å². The van der Waals surface area contributed by atoms with Crippen molar-refractivity contribution in [2.75, 3.05) is 13.1 Å². The lowest BCUT2D eigenvalue weighted by atomic mass is 10.3. The summed E-state index contributed by atoms with van der Waals surface area (Å²) < 4.78 is 0. The van der Waals surface area contributed by atoms with Crippen molar-refractivity contribution < 1.29 is 4.79 Å². The molecule has 3 nitrogen and oxygen atoms in total. The Morgan fingerprint density at radius 3 is 2.67 bits per heavy atom. The minimum Gasteiger partial charge on any atom is -0.355 e. The van der Waals surface area contributed by atoms with Crippen LogP contribution in [-0.4, -0.2) is 24.2 Å². The Morgan fingerprint density at radius 1 is 1.39 bits per heavy atom. The number of halogens is 1. The van der Waals surface area contributed by atoms with Crippen LogP contribution in [0.3, 0.4) is 0 Å². The van der Waals surface area contributed by atoms with E-state index in [-0.39, 0.29) is 18.3 Å². The van der Waals surface area contributed by atoms with Gasteiger partial charge in [0, 0.05) is 23.1 Å². The van der Waals surface area contributed by atoms with Crippen molar-refractivity contribution >= 4 is 30.1 Å². The van der Waals surface area contributed by atoms with E-state index in [1.54, 1.807) is 11.8 Å². The number of nitrogens with one attached hydrogen (secondary N) is 1. The van der Waals surface area contributed by atoms with Crippen LogP contribution in [0.25, 0.3) is 0 Å². The van der Waals surface area contributed by atoms with E-state index in [1.807, 2.05) is 18.2 Å². The number of carbonyl (C=O) groups is 1. The lowest BCUT2D eigenvalue weighted by Gasteiger charge is -2.12. The maximum atomic E-state index is 11.4. The van der Waals surface area contributed by atoms with Crippen molar-refractivity contribution in [1.29, 1.82) is 0 Å². The monoisotopic (exact) mass is 288 g/mol. The van der Waals surface area contributed by atoms with Crippen molar-refractivity contribution in [1.82, 2.24) is 5.32 Å². The third-order valence-corrected chi connectivity index (χ3v) is 3.39. The average molecular weight is 289 g/mol. The molecule has 0 aliphatic carbocycles. The van der Waals surface area contributed by atoms with E-state index in [9.17, 15) is 4.79 Å². The van der Waals surface area contributed by atoms with Crippen molar-refractivity contribution in [2.45, 2.75) is 29.9 Å². The first-order valence-electron chi connectivity index (χ1n) is 5.91. The standard InChI is InChI=1S/C13H20N2OS.ClH/c1-11(10-15-13(16)8-5-9-14)17-12-6-3-2-4-7-12;/h2-4,6-7,11H,5,8-10,14H2,1H3,(H,15,16);1H. The van der Waals surface area contributed by atoms with Gasteiger partial charge in [-0.2, -0.15) is 0 Å². The van der Waals surface area contributed by atoms with Crippen LogP contribution in [0.15, 0.2) is 35.2 Å².